The Morgan fingerprint density at radius 2 is 1.04 bits per heavy atom. The Hall–Kier alpha value is -0.898. The molecule has 2 aromatic rings. The van der Waals surface area contributed by atoms with E-state index in [1.165, 1.54) is 50.7 Å². The zero-order valence-corrected chi connectivity index (χ0v) is 16.9. The molecule has 0 unspecified atom stereocenters. The summed E-state index contributed by atoms with van der Waals surface area (Å²) < 4.78 is 0. The zero-order valence-electron chi connectivity index (χ0n) is 16.9. The standard InChI is InChI=1S/C22H30B.Li/c1-8-9-10-23(21-17(4)11-15(2)12-18(21)5)22-19(6)13-16(3)14-20(22)7;/h10-14H,8-9H2,1-7H3;/q-1;+1. The van der Waals surface area contributed by atoms with Crippen LogP contribution in [0.3, 0.4) is 0 Å². The molecule has 0 amide bonds. The molecule has 0 bridgehead atoms. The van der Waals surface area contributed by atoms with Gasteiger partial charge in [-0.05, 0) is 41.5 Å². The molecule has 2 heteroatoms. The SMILES string of the molecule is CCC[CH-]B(c1c(C)cc(C)cc1C)c1c(C)cc(C)cc1C.[Li+]. The molecular formula is C22H30BLi. The van der Waals surface area contributed by atoms with Crippen molar-refractivity contribution in [1.29, 1.82) is 0 Å². The van der Waals surface area contributed by atoms with Crippen molar-refractivity contribution in [2.75, 3.05) is 0 Å². The number of benzene rings is 2. The maximum Gasteiger partial charge on any atom is 1.00 e. The molecule has 0 heterocycles. The van der Waals surface area contributed by atoms with Crippen molar-refractivity contribution < 1.29 is 18.9 Å². The summed E-state index contributed by atoms with van der Waals surface area (Å²) in [6, 6.07) is 9.31. The molecule has 0 spiro atoms. The monoisotopic (exact) mass is 312 g/mol. The molecule has 0 aliphatic heterocycles. The Kier molecular flexibility index (Phi) is 7.91. The van der Waals surface area contributed by atoms with Gasteiger partial charge in [-0.2, -0.15) is 6.42 Å². The summed E-state index contributed by atoms with van der Waals surface area (Å²) in [4.78, 5) is 0. The maximum absolute atomic E-state index is 2.52. The third-order valence-corrected chi connectivity index (χ3v) is 4.79. The molecule has 0 aromatic heterocycles. The van der Waals surface area contributed by atoms with Crippen LogP contribution < -0.4 is 29.8 Å². The van der Waals surface area contributed by atoms with Gasteiger partial charge in [0.05, 0.1) is 0 Å². The third kappa shape index (κ3) is 4.59. The number of hydrogen-bond acceptors (Lipinski definition) is 0. The van der Waals surface area contributed by atoms with Crippen LogP contribution in [0.5, 0.6) is 0 Å². The van der Waals surface area contributed by atoms with Gasteiger partial charge in [0.15, 0.2) is 0 Å². The van der Waals surface area contributed by atoms with Crippen LogP contribution in [0, 0.1) is 47.9 Å². The Balaban J connectivity index is 0.00000288. The van der Waals surface area contributed by atoms with E-state index >= 15 is 0 Å². The normalized spacial score (nSPS) is 10.5. The van der Waals surface area contributed by atoms with Gasteiger partial charge >= 0.3 is 18.9 Å². The Morgan fingerprint density at radius 3 is 1.33 bits per heavy atom. The molecule has 0 fully saturated rings. The molecule has 122 valence electrons. The van der Waals surface area contributed by atoms with E-state index in [4.69, 9.17) is 0 Å². The average molecular weight is 312 g/mol. The fraction of sp³-hybridized carbons (Fsp3) is 0.409. The van der Waals surface area contributed by atoms with E-state index in [2.05, 4.69) is 79.1 Å². The summed E-state index contributed by atoms with van der Waals surface area (Å²) in [5, 5.41) is 0. The van der Waals surface area contributed by atoms with Gasteiger partial charge in [0.1, 0.15) is 0 Å². The molecule has 0 aliphatic rings. The number of aryl methyl sites for hydroxylation is 6. The second-order valence-electron chi connectivity index (χ2n) is 7.13. The molecule has 2 aromatic carbocycles. The molecule has 0 atom stereocenters. The smallest absolute Gasteiger partial charge is 0.340 e. The van der Waals surface area contributed by atoms with E-state index in [1.807, 2.05) is 0 Å². The van der Waals surface area contributed by atoms with Gasteiger partial charge in [-0.15, -0.1) is 10.9 Å². The molecule has 0 N–H and O–H groups in total. The van der Waals surface area contributed by atoms with E-state index in [0.717, 1.165) is 6.42 Å². The van der Waals surface area contributed by atoms with Crippen molar-refractivity contribution in [1.82, 2.24) is 0 Å². The Bertz CT molecular complexity index is 600. The van der Waals surface area contributed by atoms with Crippen molar-refractivity contribution >= 4 is 17.6 Å². The summed E-state index contributed by atoms with van der Waals surface area (Å²) in [6.07, 6.45) is 4.88. The summed E-state index contributed by atoms with van der Waals surface area (Å²) in [7, 11) is 0. The summed E-state index contributed by atoms with van der Waals surface area (Å²) in [6.45, 7) is 16.1. The second kappa shape index (κ2) is 8.98. The fourth-order valence-electron chi connectivity index (χ4n) is 4.08. The van der Waals surface area contributed by atoms with Crippen LogP contribution in [-0.2, 0) is 0 Å². The molecule has 24 heavy (non-hydrogen) atoms. The average Bonchev–Trinajstić information content (AvgIpc) is 2.41. The van der Waals surface area contributed by atoms with E-state index in [9.17, 15) is 0 Å². The topological polar surface area (TPSA) is 0 Å². The third-order valence-electron chi connectivity index (χ3n) is 4.79. The molecule has 0 nitrogen and oxygen atoms in total. The maximum atomic E-state index is 2.52. The van der Waals surface area contributed by atoms with Crippen LogP contribution in [0.1, 0.15) is 53.1 Å². The van der Waals surface area contributed by atoms with Gasteiger partial charge in [-0.1, -0.05) is 71.0 Å². The van der Waals surface area contributed by atoms with Gasteiger partial charge in [-0.25, -0.2) is 0 Å². The van der Waals surface area contributed by atoms with Crippen LogP contribution >= 0.6 is 0 Å². The summed E-state index contributed by atoms with van der Waals surface area (Å²) >= 11 is 0. The zero-order chi connectivity index (χ0) is 17.1. The quantitative estimate of drug-likeness (QED) is 0.582. The van der Waals surface area contributed by atoms with Gasteiger partial charge < -0.3 is 6.32 Å². The van der Waals surface area contributed by atoms with Crippen molar-refractivity contribution in [2.24, 2.45) is 0 Å². The van der Waals surface area contributed by atoms with Crippen LogP contribution in [0.15, 0.2) is 24.3 Å². The first-order valence-electron chi connectivity index (χ1n) is 8.84. The molecular weight excluding hydrogens is 282 g/mol. The van der Waals surface area contributed by atoms with Crippen molar-refractivity contribution in [2.45, 2.75) is 61.3 Å². The second-order valence-corrected chi connectivity index (χ2v) is 7.13. The van der Waals surface area contributed by atoms with E-state index in [0.29, 0.717) is 6.71 Å². The van der Waals surface area contributed by atoms with Crippen LogP contribution in [0.25, 0.3) is 0 Å². The van der Waals surface area contributed by atoms with Gasteiger partial charge in [0, 0.05) is 6.71 Å². The Morgan fingerprint density at radius 1 is 0.708 bits per heavy atom. The van der Waals surface area contributed by atoms with Crippen molar-refractivity contribution in [3.8, 4) is 0 Å². The van der Waals surface area contributed by atoms with Gasteiger partial charge in [0.25, 0.3) is 0 Å². The van der Waals surface area contributed by atoms with E-state index < -0.39 is 0 Å². The largest absolute Gasteiger partial charge is 1.00 e. The summed E-state index contributed by atoms with van der Waals surface area (Å²) in [5.41, 5.74) is 11.4. The van der Waals surface area contributed by atoms with Crippen molar-refractivity contribution in [3.05, 3.63) is 64.0 Å². The van der Waals surface area contributed by atoms with Gasteiger partial charge in [0.2, 0.25) is 0 Å². The van der Waals surface area contributed by atoms with E-state index in [1.54, 1.807) is 0 Å². The number of rotatable bonds is 5. The molecule has 0 radical (unpaired) electrons. The minimum Gasteiger partial charge on any atom is -0.340 e. The molecule has 2 rings (SSSR count). The van der Waals surface area contributed by atoms with E-state index in [-0.39, 0.29) is 18.9 Å². The minimum atomic E-state index is 0. The first kappa shape index (κ1) is 21.1. The summed E-state index contributed by atoms with van der Waals surface area (Å²) in [5.74, 6) is 0. The predicted octanol–water partition coefficient (Wildman–Crippen LogP) is 1.69. The number of hydrogen-bond donors (Lipinski definition) is 0. The van der Waals surface area contributed by atoms with Crippen LogP contribution in [-0.4, -0.2) is 6.71 Å². The van der Waals surface area contributed by atoms with Crippen LogP contribution in [0.2, 0.25) is 0 Å². The molecule has 0 saturated heterocycles. The predicted molar refractivity (Wildman–Crippen MR) is 106 cm³/mol. The van der Waals surface area contributed by atoms with Crippen molar-refractivity contribution in [3.63, 3.8) is 0 Å². The first-order valence-corrected chi connectivity index (χ1v) is 8.84. The first-order chi connectivity index (χ1) is 10.8. The molecule has 0 saturated carbocycles. The van der Waals surface area contributed by atoms with Crippen LogP contribution in [0.4, 0.5) is 0 Å². The molecule has 0 aliphatic carbocycles. The Labute approximate surface area is 161 Å². The number of unbranched alkanes of at least 4 members (excludes halogenated alkanes) is 1. The minimum absolute atomic E-state index is 0. The van der Waals surface area contributed by atoms with Gasteiger partial charge in [-0.3, -0.25) is 0 Å². The fourth-order valence-corrected chi connectivity index (χ4v) is 4.08.